The molecular weight excluding hydrogens is 384 g/mol. The Bertz CT molecular complexity index is 866. The molecular formula is C14H13F6N5O2. The summed E-state index contributed by atoms with van der Waals surface area (Å²) in [6.45, 7) is -0.566. The fraction of sp³-hybridized carbons (Fsp3) is 0.357. The van der Waals surface area contributed by atoms with E-state index in [4.69, 9.17) is 0 Å². The number of carbonyl (C=O) groups is 1. The summed E-state index contributed by atoms with van der Waals surface area (Å²) in [4.78, 5) is 23.3. The third-order valence-electron chi connectivity index (χ3n) is 3.37. The Balaban J connectivity index is 1.91. The molecule has 0 saturated carbocycles. The van der Waals surface area contributed by atoms with Crippen molar-refractivity contribution in [2.24, 2.45) is 7.05 Å². The molecule has 1 heterocycles. The molecule has 27 heavy (non-hydrogen) atoms. The maximum atomic E-state index is 12.7. The highest BCUT2D eigenvalue weighted by Crippen LogP contribution is 2.29. The van der Waals surface area contributed by atoms with Crippen LogP contribution in [0.25, 0.3) is 0 Å². The van der Waals surface area contributed by atoms with Gasteiger partial charge in [-0.05, 0) is 24.3 Å². The second-order valence-corrected chi connectivity index (χ2v) is 5.34. The van der Waals surface area contributed by atoms with E-state index in [2.05, 4.69) is 15.7 Å². The molecule has 0 aliphatic heterocycles. The number of hydrogen-bond donors (Lipinski definition) is 2. The molecule has 0 aliphatic carbocycles. The Morgan fingerprint density at radius 3 is 2.15 bits per heavy atom. The standard InChI is InChI=1S/C14H13F6N5O2/c1-24-10(14(18,19)20)23-25(12(24)27)7-6-21-11(26)22-9-4-2-8(3-5-9)13(15,16)17/h2-5H,6-7H2,1H3,(H2,21,22,26). The van der Waals surface area contributed by atoms with E-state index >= 15 is 0 Å². The van der Waals surface area contributed by atoms with Crippen molar-refractivity contribution in [1.29, 1.82) is 0 Å². The SMILES string of the molecule is Cn1c(C(F)(F)F)nn(CCNC(=O)Nc2ccc(C(F)(F)F)cc2)c1=O. The lowest BCUT2D eigenvalue weighted by Crippen LogP contribution is -2.34. The first-order chi connectivity index (χ1) is 12.4. The molecule has 0 fully saturated rings. The average Bonchev–Trinajstić information content (AvgIpc) is 2.83. The van der Waals surface area contributed by atoms with Crippen LogP contribution in [0.2, 0.25) is 0 Å². The maximum absolute atomic E-state index is 12.7. The number of nitrogens with one attached hydrogen (secondary N) is 2. The van der Waals surface area contributed by atoms with Crippen LogP contribution in [0.4, 0.5) is 36.8 Å². The second kappa shape index (κ2) is 7.32. The molecule has 7 nitrogen and oxygen atoms in total. The van der Waals surface area contributed by atoms with E-state index in [1.165, 1.54) is 0 Å². The minimum absolute atomic E-state index is 0.0786. The van der Waals surface area contributed by atoms with Gasteiger partial charge in [0.1, 0.15) is 0 Å². The van der Waals surface area contributed by atoms with E-state index < -0.39 is 35.5 Å². The van der Waals surface area contributed by atoms with Crippen LogP contribution >= 0.6 is 0 Å². The monoisotopic (exact) mass is 397 g/mol. The van der Waals surface area contributed by atoms with Gasteiger partial charge in [0, 0.05) is 19.3 Å². The van der Waals surface area contributed by atoms with E-state index in [0.29, 0.717) is 9.25 Å². The van der Waals surface area contributed by atoms with Crippen LogP contribution in [0.5, 0.6) is 0 Å². The van der Waals surface area contributed by atoms with Gasteiger partial charge in [-0.2, -0.15) is 26.3 Å². The predicted molar refractivity (Wildman–Crippen MR) is 80.9 cm³/mol. The van der Waals surface area contributed by atoms with Crippen molar-refractivity contribution in [2.75, 3.05) is 11.9 Å². The van der Waals surface area contributed by atoms with Gasteiger partial charge in [-0.1, -0.05) is 0 Å². The summed E-state index contributed by atoms with van der Waals surface area (Å²) in [7, 11) is 0.916. The first-order valence-corrected chi connectivity index (χ1v) is 7.32. The molecule has 0 bridgehead atoms. The summed E-state index contributed by atoms with van der Waals surface area (Å²) in [6, 6.07) is 2.83. The molecule has 2 amide bonds. The smallest absolute Gasteiger partial charge is 0.336 e. The van der Waals surface area contributed by atoms with Gasteiger partial charge in [-0.25, -0.2) is 14.3 Å². The lowest BCUT2D eigenvalue weighted by atomic mass is 10.2. The van der Waals surface area contributed by atoms with Crippen molar-refractivity contribution in [3.63, 3.8) is 0 Å². The largest absolute Gasteiger partial charge is 0.451 e. The predicted octanol–water partition coefficient (Wildman–Crippen LogP) is 2.44. The fourth-order valence-corrected chi connectivity index (χ4v) is 2.07. The second-order valence-electron chi connectivity index (χ2n) is 5.34. The fourth-order valence-electron chi connectivity index (χ4n) is 2.07. The van der Waals surface area contributed by atoms with Crippen LogP contribution in [0, 0.1) is 0 Å². The molecule has 1 aromatic carbocycles. The number of rotatable bonds is 4. The molecule has 2 aromatic rings. The van der Waals surface area contributed by atoms with Crippen LogP contribution in [-0.2, 0) is 25.9 Å². The highest BCUT2D eigenvalue weighted by atomic mass is 19.4. The van der Waals surface area contributed by atoms with E-state index in [0.717, 1.165) is 31.3 Å². The minimum atomic E-state index is -4.80. The van der Waals surface area contributed by atoms with E-state index in [-0.39, 0.29) is 18.8 Å². The summed E-state index contributed by atoms with van der Waals surface area (Å²) >= 11 is 0. The lowest BCUT2D eigenvalue weighted by Gasteiger charge is -2.09. The van der Waals surface area contributed by atoms with Crippen LogP contribution < -0.4 is 16.3 Å². The zero-order chi connectivity index (χ0) is 20.4. The highest BCUT2D eigenvalue weighted by molar-refractivity contribution is 5.89. The van der Waals surface area contributed by atoms with Crippen molar-refractivity contribution < 1.29 is 31.1 Å². The van der Waals surface area contributed by atoms with Crippen LogP contribution in [0.1, 0.15) is 11.4 Å². The molecule has 1 aromatic heterocycles. The van der Waals surface area contributed by atoms with E-state index in [9.17, 15) is 35.9 Å². The number of anilines is 1. The first kappa shape index (κ1) is 20.3. The Labute approximate surface area is 147 Å². The topological polar surface area (TPSA) is 81.0 Å². The van der Waals surface area contributed by atoms with Gasteiger partial charge in [0.05, 0.1) is 12.1 Å². The summed E-state index contributed by atoms with van der Waals surface area (Å²) < 4.78 is 76.2. The van der Waals surface area contributed by atoms with Crippen molar-refractivity contribution in [3.05, 3.63) is 46.1 Å². The number of alkyl halides is 6. The number of urea groups is 1. The van der Waals surface area contributed by atoms with Gasteiger partial charge >= 0.3 is 24.1 Å². The molecule has 0 saturated heterocycles. The number of benzene rings is 1. The number of hydrogen-bond acceptors (Lipinski definition) is 3. The van der Waals surface area contributed by atoms with Gasteiger partial charge in [0.15, 0.2) is 0 Å². The Morgan fingerprint density at radius 2 is 1.67 bits per heavy atom. The Morgan fingerprint density at radius 1 is 1.07 bits per heavy atom. The maximum Gasteiger partial charge on any atom is 0.451 e. The highest BCUT2D eigenvalue weighted by Gasteiger charge is 2.37. The van der Waals surface area contributed by atoms with Crippen molar-refractivity contribution in [1.82, 2.24) is 19.7 Å². The van der Waals surface area contributed by atoms with E-state index in [1.807, 2.05) is 0 Å². The average molecular weight is 397 g/mol. The number of halogens is 6. The lowest BCUT2D eigenvalue weighted by molar-refractivity contribution is -0.147. The molecule has 2 rings (SSSR count). The van der Waals surface area contributed by atoms with Gasteiger partial charge in [-0.3, -0.25) is 4.57 Å². The van der Waals surface area contributed by atoms with Crippen LogP contribution in [0.15, 0.2) is 29.1 Å². The minimum Gasteiger partial charge on any atom is -0.336 e. The quantitative estimate of drug-likeness (QED) is 0.778. The van der Waals surface area contributed by atoms with Crippen molar-refractivity contribution >= 4 is 11.7 Å². The first-order valence-electron chi connectivity index (χ1n) is 7.32. The molecule has 0 atom stereocenters. The summed E-state index contributed by atoms with van der Waals surface area (Å²) in [6.07, 6.45) is -9.31. The van der Waals surface area contributed by atoms with Crippen molar-refractivity contribution in [3.8, 4) is 0 Å². The third kappa shape index (κ3) is 5.01. The summed E-state index contributed by atoms with van der Waals surface area (Å²) in [5.41, 5.74) is -1.81. The van der Waals surface area contributed by atoms with Gasteiger partial charge in [0.25, 0.3) is 0 Å². The molecule has 148 valence electrons. The molecule has 0 radical (unpaired) electrons. The third-order valence-corrected chi connectivity index (χ3v) is 3.37. The summed E-state index contributed by atoms with van der Waals surface area (Å²) in [5, 5.41) is 7.67. The molecule has 2 N–H and O–H groups in total. The molecule has 0 unspecified atom stereocenters. The Kier molecular flexibility index (Phi) is 5.51. The zero-order valence-electron chi connectivity index (χ0n) is 13.6. The van der Waals surface area contributed by atoms with Crippen LogP contribution in [-0.4, -0.2) is 26.9 Å². The number of aromatic nitrogens is 3. The molecule has 0 aliphatic rings. The molecule has 13 heteroatoms. The van der Waals surface area contributed by atoms with Gasteiger partial charge < -0.3 is 10.6 Å². The number of carbonyl (C=O) groups excluding carboxylic acids is 1. The number of nitrogens with zero attached hydrogens (tertiary/aromatic N) is 3. The van der Waals surface area contributed by atoms with E-state index in [1.54, 1.807) is 0 Å². The summed E-state index contributed by atoms with van der Waals surface area (Å²) in [5.74, 6) is -1.37. The van der Waals surface area contributed by atoms with Crippen LogP contribution in [0.3, 0.4) is 0 Å². The normalized spacial score (nSPS) is 12.1. The Hall–Kier alpha value is -2.99. The molecule has 0 spiro atoms. The number of amides is 2. The van der Waals surface area contributed by atoms with Crippen molar-refractivity contribution in [2.45, 2.75) is 18.9 Å². The van der Waals surface area contributed by atoms with Gasteiger partial charge in [-0.15, -0.1) is 5.10 Å². The van der Waals surface area contributed by atoms with Gasteiger partial charge in [0.2, 0.25) is 5.82 Å². The zero-order valence-corrected chi connectivity index (χ0v) is 13.6.